The Kier molecular flexibility index (Phi) is 16.6. The first kappa shape index (κ1) is 31.0. The SMILES string of the molecule is NCCCNCCCCNCCCCNCCCN(O)CCCNC(=O)Cc1c[nH]c2cccc(O)c12. The summed E-state index contributed by atoms with van der Waals surface area (Å²) in [5.74, 6) is 0.0767. The average molecular weight is 520 g/mol. The van der Waals surface area contributed by atoms with Gasteiger partial charge in [0.05, 0.1) is 6.42 Å². The molecule has 10 heteroatoms. The van der Waals surface area contributed by atoms with E-state index < -0.39 is 0 Å². The zero-order valence-corrected chi connectivity index (χ0v) is 22.4. The van der Waals surface area contributed by atoms with Gasteiger partial charge in [0, 0.05) is 36.7 Å². The molecule has 0 spiro atoms. The molecule has 0 aliphatic rings. The van der Waals surface area contributed by atoms with Crippen molar-refractivity contribution in [3.8, 4) is 5.75 Å². The van der Waals surface area contributed by atoms with Gasteiger partial charge in [0.2, 0.25) is 5.91 Å². The Balaban J connectivity index is 1.35. The number of H-pyrrole nitrogens is 1. The van der Waals surface area contributed by atoms with Crippen LogP contribution in [0.4, 0.5) is 0 Å². The first-order chi connectivity index (χ1) is 18.1. The minimum absolute atomic E-state index is 0.0978. The standard InChI is InChI=1S/C27H49N7O3/c28-11-6-16-30-14-3-1-12-29-13-2-4-15-31-17-7-19-34(37)20-8-18-32-26(36)21-23-22-33-24-9-5-10-25(35)27(23)24/h5,9-10,22,29-31,33,35,37H,1-4,6-8,11-21,28H2,(H,32,36). The van der Waals surface area contributed by atoms with Crippen molar-refractivity contribution in [3.05, 3.63) is 30.0 Å². The lowest BCUT2D eigenvalue weighted by atomic mass is 10.1. The fourth-order valence-corrected chi connectivity index (χ4v) is 4.20. The molecule has 0 aliphatic carbocycles. The highest BCUT2D eigenvalue weighted by atomic mass is 16.5. The van der Waals surface area contributed by atoms with E-state index in [-0.39, 0.29) is 18.1 Å². The van der Waals surface area contributed by atoms with Crippen molar-refractivity contribution in [1.82, 2.24) is 31.3 Å². The molecule has 10 nitrogen and oxygen atoms in total. The van der Waals surface area contributed by atoms with E-state index in [0.29, 0.717) is 31.4 Å². The van der Waals surface area contributed by atoms with E-state index in [1.807, 2.05) is 6.07 Å². The smallest absolute Gasteiger partial charge is 0.224 e. The zero-order valence-electron chi connectivity index (χ0n) is 22.4. The number of phenols is 1. The fraction of sp³-hybridized carbons (Fsp3) is 0.667. The third-order valence-corrected chi connectivity index (χ3v) is 6.27. The molecule has 0 atom stereocenters. The van der Waals surface area contributed by atoms with Gasteiger partial charge in [0.1, 0.15) is 5.75 Å². The lowest BCUT2D eigenvalue weighted by molar-refractivity contribution is -0.120. The Bertz CT molecular complexity index is 862. The molecule has 0 saturated carbocycles. The number of nitrogens with zero attached hydrogens (tertiary/aromatic N) is 1. The van der Waals surface area contributed by atoms with E-state index in [4.69, 9.17) is 5.73 Å². The maximum atomic E-state index is 12.2. The number of nitrogens with one attached hydrogen (secondary N) is 5. The number of hydroxylamine groups is 2. The number of hydrogen-bond donors (Lipinski definition) is 8. The van der Waals surface area contributed by atoms with Crippen molar-refractivity contribution in [2.45, 2.75) is 51.4 Å². The molecule has 1 aromatic heterocycles. The third-order valence-electron chi connectivity index (χ3n) is 6.27. The molecule has 2 rings (SSSR count). The Morgan fingerprint density at radius 1 is 0.838 bits per heavy atom. The van der Waals surface area contributed by atoms with Crippen molar-refractivity contribution in [2.75, 3.05) is 65.4 Å². The highest BCUT2D eigenvalue weighted by molar-refractivity contribution is 5.92. The van der Waals surface area contributed by atoms with E-state index in [2.05, 4.69) is 26.3 Å². The highest BCUT2D eigenvalue weighted by Crippen LogP contribution is 2.27. The third kappa shape index (κ3) is 13.8. The Morgan fingerprint density at radius 3 is 2.03 bits per heavy atom. The maximum Gasteiger partial charge on any atom is 0.224 e. The number of hydrogen-bond acceptors (Lipinski definition) is 8. The van der Waals surface area contributed by atoms with Gasteiger partial charge in [-0.2, -0.15) is 5.06 Å². The summed E-state index contributed by atoms with van der Waals surface area (Å²) in [6, 6.07) is 5.26. The van der Waals surface area contributed by atoms with Crippen LogP contribution in [0.3, 0.4) is 0 Å². The molecule has 0 saturated heterocycles. The molecule has 0 bridgehead atoms. The van der Waals surface area contributed by atoms with Crippen LogP contribution in [-0.2, 0) is 11.2 Å². The molecular formula is C27H49N7O3. The summed E-state index contributed by atoms with van der Waals surface area (Å²) < 4.78 is 0. The van der Waals surface area contributed by atoms with Crippen LogP contribution < -0.4 is 27.0 Å². The van der Waals surface area contributed by atoms with Crippen LogP contribution >= 0.6 is 0 Å². The number of fused-ring (bicyclic) bond motifs is 1. The number of aromatic hydroxyl groups is 1. The summed E-state index contributed by atoms with van der Waals surface area (Å²) in [6.07, 6.45) is 9.29. The second kappa shape index (κ2) is 19.8. The molecule has 37 heavy (non-hydrogen) atoms. The van der Waals surface area contributed by atoms with Gasteiger partial charge in [-0.3, -0.25) is 4.79 Å². The van der Waals surface area contributed by atoms with E-state index >= 15 is 0 Å². The summed E-state index contributed by atoms with van der Waals surface area (Å²) in [6.45, 7) is 8.51. The first-order valence-electron chi connectivity index (χ1n) is 13.9. The van der Waals surface area contributed by atoms with Crippen molar-refractivity contribution >= 4 is 16.8 Å². The van der Waals surface area contributed by atoms with Crippen LogP contribution in [0, 0.1) is 0 Å². The van der Waals surface area contributed by atoms with Gasteiger partial charge < -0.3 is 42.3 Å². The first-order valence-corrected chi connectivity index (χ1v) is 13.9. The van der Waals surface area contributed by atoms with Gasteiger partial charge in [-0.1, -0.05) is 6.07 Å². The summed E-state index contributed by atoms with van der Waals surface area (Å²) in [7, 11) is 0. The number of aromatic amines is 1. The van der Waals surface area contributed by atoms with E-state index in [0.717, 1.165) is 76.2 Å². The van der Waals surface area contributed by atoms with Gasteiger partial charge in [-0.05, 0) is 108 Å². The Labute approximate surface area is 221 Å². The molecule has 1 amide bonds. The summed E-state index contributed by atoms with van der Waals surface area (Å²) in [4.78, 5) is 15.3. The number of benzene rings is 1. The number of unbranched alkanes of at least 4 members (excludes halogenated alkanes) is 2. The van der Waals surface area contributed by atoms with Crippen molar-refractivity contribution in [1.29, 1.82) is 0 Å². The van der Waals surface area contributed by atoms with Gasteiger partial charge in [0.25, 0.3) is 0 Å². The fourth-order valence-electron chi connectivity index (χ4n) is 4.20. The van der Waals surface area contributed by atoms with Crippen LogP contribution in [0.25, 0.3) is 10.9 Å². The number of amides is 1. The molecule has 9 N–H and O–H groups in total. The minimum Gasteiger partial charge on any atom is -0.507 e. The zero-order chi connectivity index (χ0) is 26.6. The molecule has 0 unspecified atom stereocenters. The van der Waals surface area contributed by atoms with Crippen LogP contribution in [0.5, 0.6) is 5.75 Å². The number of aromatic nitrogens is 1. The van der Waals surface area contributed by atoms with E-state index in [9.17, 15) is 15.1 Å². The molecule has 0 radical (unpaired) electrons. The number of nitrogens with two attached hydrogens (primary N) is 1. The Morgan fingerprint density at radius 2 is 1.41 bits per heavy atom. The summed E-state index contributed by atoms with van der Waals surface area (Å²) in [5, 5.41) is 35.3. The van der Waals surface area contributed by atoms with Crippen molar-refractivity contribution in [3.63, 3.8) is 0 Å². The van der Waals surface area contributed by atoms with E-state index in [1.54, 1.807) is 18.3 Å². The summed E-state index contributed by atoms with van der Waals surface area (Å²) in [5.41, 5.74) is 7.06. The lowest BCUT2D eigenvalue weighted by Gasteiger charge is -2.15. The number of phenolic OH excluding ortho intramolecular Hbond substituents is 1. The van der Waals surface area contributed by atoms with Crippen LogP contribution in [0.2, 0.25) is 0 Å². The van der Waals surface area contributed by atoms with Crippen LogP contribution in [0.1, 0.15) is 50.5 Å². The van der Waals surface area contributed by atoms with Crippen molar-refractivity contribution in [2.24, 2.45) is 5.73 Å². The molecule has 0 aliphatic heterocycles. The molecular weight excluding hydrogens is 470 g/mol. The largest absolute Gasteiger partial charge is 0.507 e. The van der Waals surface area contributed by atoms with Crippen LogP contribution in [0.15, 0.2) is 24.4 Å². The molecule has 0 fully saturated rings. The van der Waals surface area contributed by atoms with Crippen molar-refractivity contribution < 1.29 is 15.1 Å². The number of carbonyl (C=O) groups is 1. The van der Waals surface area contributed by atoms with E-state index in [1.165, 1.54) is 24.3 Å². The lowest BCUT2D eigenvalue weighted by Crippen LogP contribution is -2.30. The quantitative estimate of drug-likeness (QED) is 0.0816. The second-order valence-electron chi connectivity index (χ2n) is 9.51. The minimum atomic E-state index is -0.0978. The highest BCUT2D eigenvalue weighted by Gasteiger charge is 2.11. The number of rotatable bonds is 23. The Hall–Kier alpha value is -2.21. The predicted molar refractivity (Wildman–Crippen MR) is 150 cm³/mol. The van der Waals surface area contributed by atoms with Gasteiger partial charge in [-0.15, -0.1) is 0 Å². The molecule has 1 aromatic carbocycles. The normalized spacial score (nSPS) is 11.5. The maximum absolute atomic E-state index is 12.2. The number of carbonyl (C=O) groups excluding carboxylic acids is 1. The van der Waals surface area contributed by atoms with Crippen LogP contribution in [-0.4, -0.2) is 91.7 Å². The molecule has 210 valence electrons. The topological polar surface area (TPSA) is 151 Å². The average Bonchev–Trinajstić information content (AvgIpc) is 3.30. The molecule has 1 heterocycles. The van der Waals surface area contributed by atoms with Gasteiger partial charge >= 0.3 is 0 Å². The van der Waals surface area contributed by atoms with Gasteiger partial charge in [-0.25, -0.2) is 0 Å². The monoisotopic (exact) mass is 519 g/mol. The van der Waals surface area contributed by atoms with Gasteiger partial charge in [0.15, 0.2) is 0 Å². The second-order valence-corrected chi connectivity index (χ2v) is 9.51. The predicted octanol–water partition coefficient (Wildman–Crippen LogP) is 1.68. The molecule has 2 aromatic rings. The summed E-state index contributed by atoms with van der Waals surface area (Å²) >= 11 is 0.